The van der Waals surface area contributed by atoms with Gasteiger partial charge in [0.05, 0.1) is 0 Å². The number of aromatic amines is 2. The molecule has 0 radical (unpaired) electrons. The maximum atomic E-state index is 13.9. The molecular weight excluding hydrogens is 299 g/mol. The standard InChI is InChI=1S/C15H15FN6O/c16-11-5-1-4-10-12(11)17-8-18-14(10)22-6-2-3-9(7-22)13-19-15(23)21-20-13/h1,4-5,8-9H,2-3,6-7H2,(H2,19,20,21,23)/t9-/m1/s1. The van der Waals surface area contributed by atoms with Gasteiger partial charge in [0.1, 0.15) is 29.3 Å². The SMILES string of the molecule is O=c1[nH]nc([C@@H]2CCCN(c3ncnc4c(F)cccc34)C2)[nH]1. The Kier molecular flexibility index (Phi) is 3.29. The normalized spacial score (nSPS) is 18.5. The fourth-order valence-corrected chi connectivity index (χ4v) is 3.16. The van der Waals surface area contributed by atoms with Crippen molar-refractivity contribution < 1.29 is 4.39 Å². The number of fused-ring (bicyclic) bond motifs is 1. The van der Waals surface area contributed by atoms with Gasteiger partial charge in [-0.2, -0.15) is 5.10 Å². The van der Waals surface area contributed by atoms with E-state index in [1.807, 2.05) is 6.07 Å². The van der Waals surface area contributed by atoms with Gasteiger partial charge in [-0.15, -0.1) is 0 Å². The van der Waals surface area contributed by atoms with Gasteiger partial charge in [0, 0.05) is 24.4 Å². The molecule has 23 heavy (non-hydrogen) atoms. The molecule has 3 heterocycles. The lowest BCUT2D eigenvalue weighted by Crippen LogP contribution is -2.35. The third-order valence-electron chi connectivity index (χ3n) is 4.22. The highest BCUT2D eigenvalue weighted by Gasteiger charge is 2.26. The number of anilines is 1. The fraction of sp³-hybridized carbons (Fsp3) is 0.333. The number of H-pyrrole nitrogens is 2. The molecule has 0 unspecified atom stereocenters. The van der Waals surface area contributed by atoms with E-state index in [1.54, 1.807) is 6.07 Å². The Hall–Kier alpha value is -2.77. The summed E-state index contributed by atoms with van der Waals surface area (Å²) in [5.74, 6) is 1.14. The van der Waals surface area contributed by atoms with Crippen LogP contribution in [0.4, 0.5) is 10.2 Å². The Morgan fingerprint density at radius 2 is 2.22 bits per heavy atom. The summed E-state index contributed by atoms with van der Waals surface area (Å²) in [6, 6.07) is 4.89. The van der Waals surface area contributed by atoms with Crippen LogP contribution in [0.5, 0.6) is 0 Å². The lowest BCUT2D eigenvalue weighted by molar-refractivity contribution is 0.490. The summed E-state index contributed by atoms with van der Waals surface area (Å²) in [5, 5.41) is 7.13. The molecule has 2 N–H and O–H groups in total. The lowest BCUT2D eigenvalue weighted by atomic mass is 9.97. The molecule has 0 amide bonds. The molecule has 1 aliphatic rings. The first kappa shape index (κ1) is 13.9. The Bertz CT molecular complexity index is 904. The number of para-hydroxylation sites is 1. The average molecular weight is 314 g/mol. The highest BCUT2D eigenvalue weighted by molar-refractivity contribution is 5.89. The van der Waals surface area contributed by atoms with Gasteiger partial charge in [-0.1, -0.05) is 6.07 Å². The highest BCUT2D eigenvalue weighted by atomic mass is 19.1. The second kappa shape index (κ2) is 5.45. The van der Waals surface area contributed by atoms with E-state index in [2.05, 4.69) is 30.0 Å². The van der Waals surface area contributed by atoms with Crippen molar-refractivity contribution in [2.24, 2.45) is 0 Å². The molecule has 1 aliphatic heterocycles. The van der Waals surface area contributed by atoms with Crippen molar-refractivity contribution in [3.63, 3.8) is 0 Å². The van der Waals surface area contributed by atoms with Crippen LogP contribution in [0.3, 0.4) is 0 Å². The van der Waals surface area contributed by atoms with Crippen molar-refractivity contribution >= 4 is 16.7 Å². The van der Waals surface area contributed by atoms with E-state index in [-0.39, 0.29) is 17.4 Å². The predicted molar refractivity (Wildman–Crippen MR) is 82.9 cm³/mol. The van der Waals surface area contributed by atoms with E-state index in [4.69, 9.17) is 0 Å². The molecule has 1 atom stereocenters. The molecular formula is C15H15FN6O. The van der Waals surface area contributed by atoms with Gasteiger partial charge in [-0.25, -0.2) is 24.3 Å². The Morgan fingerprint density at radius 1 is 1.30 bits per heavy atom. The second-order valence-electron chi connectivity index (χ2n) is 5.68. The number of nitrogens with zero attached hydrogens (tertiary/aromatic N) is 4. The fourth-order valence-electron chi connectivity index (χ4n) is 3.16. The zero-order valence-electron chi connectivity index (χ0n) is 12.3. The molecule has 8 heteroatoms. The molecule has 1 saturated heterocycles. The maximum Gasteiger partial charge on any atom is 0.340 e. The number of halogens is 1. The quantitative estimate of drug-likeness (QED) is 0.749. The number of nitrogens with one attached hydrogen (secondary N) is 2. The van der Waals surface area contributed by atoms with E-state index < -0.39 is 0 Å². The second-order valence-corrected chi connectivity index (χ2v) is 5.68. The molecule has 2 aromatic heterocycles. The minimum absolute atomic E-state index is 0.112. The maximum absolute atomic E-state index is 13.9. The van der Waals surface area contributed by atoms with Crippen LogP contribution in [-0.4, -0.2) is 38.2 Å². The summed E-state index contributed by atoms with van der Waals surface area (Å²) in [7, 11) is 0. The first-order valence-corrected chi connectivity index (χ1v) is 7.51. The molecule has 0 spiro atoms. The first-order chi connectivity index (χ1) is 11.2. The van der Waals surface area contributed by atoms with Crippen LogP contribution in [0.1, 0.15) is 24.6 Å². The van der Waals surface area contributed by atoms with Crippen LogP contribution >= 0.6 is 0 Å². The van der Waals surface area contributed by atoms with Gasteiger partial charge in [0.25, 0.3) is 0 Å². The molecule has 7 nitrogen and oxygen atoms in total. The van der Waals surface area contributed by atoms with Crippen LogP contribution in [-0.2, 0) is 0 Å². The molecule has 0 aliphatic carbocycles. The Labute approximate surface area is 130 Å². The minimum Gasteiger partial charge on any atom is -0.355 e. The Morgan fingerprint density at radius 3 is 3.04 bits per heavy atom. The minimum atomic E-state index is -0.351. The zero-order valence-corrected chi connectivity index (χ0v) is 12.3. The Balaban J connectivity index is 1.70. The summed E-state index contributed by atoms with van der Waals surface area (Å²) in [6.45, 7) is 1.50. The van der Waals surface area contributed by atoms with Gasteiger partial charge in [-0.05, 0) is 25.0 Å². The molecule has 118 valence electrons. The summed E-state index contributed by atoms with van der Waals surface area (Å²) < 4.78 is 13.9. The summed E-state index contributed by atoms with van der Waals surface area (Å²) in [5.41, 5.74) is 0.0273. The number of hydrogen-bond donors (Lipinski definition) is 2. The van der Waals surface area contributed by atoms with Crippen molar-refractivity contribution in [3.8, 4) is 0 Å². The van der Waals surface area contributed by atoms with E-state index in [9.17, 15) is 9.18 Å². The molecule has 0 bridgehead atoms. The lowest BCUT2D eigenvalue weighted by Gasteiger charge is -2.33. The monoisotopic (exact) mass is 314 g/mol. The van der Waals surface area contributed by atoms with E-state index in [1.165, 1.54) is 12.4 Å². The average Bonchev–Trinajstić information content (AvgIpc) is 3.02. The molecule has 4 rings (SSSR count). The number of aromatic nitrogens is 5. The van der Waals surface area contributed by atoms with Crippen LogP contribution in [0.15, 0.2) is 29.3 Å². The third-order valence-corrected chi connectivity index (χ3v) is 4.22. The largest absolute Gasteiger partial charge is 0.355 e. The molecule has 3 aromatic rings. The van der Waals surface area contributed by atoms with Gasteiger partial charge < -0.3 is 4.90 Å². The first-order valence-electron chi connectivity index (χ1n) is 7.51. The van der Waals surface area contributed by atoms with Crippen molar-refractivity contribution in [1.82, 2.24) is 25.1 Å². The third kappa shape index (κ3) is 2.45. The summed E-state index contributed by atoms with van der Waals surface area (Å²) in [4.78, 5) is 24.5. The van der Waals surface area contributed by atoms with Crippen molar-refractivity contribution in [2.45, 2.75) is 18.8 Å². The van der Waals surface area contributed by atoms with Crippen molar-refractivity contribution in [1.29, 1.82) is 0 Å². The highest BCUT2D eigenvalue weighted by Crippen LogP contribution is 2.30. The number of benzene rings is 1. The van der Waals surface area contributed by atoms with Gasteiger partial charge >= 0.3 is 5.69 Å². The van der Waals surface area contributed by atoms with Gasteiger partial charge in [0.2, 0.25) is 0 Å². The number of hydrogen-bond acceptors (Lipinski definition) is 5. The van der Waals surface area contributed by atoms with E-state index >= 15 is 0 Å². The smallest absolute Gasteiger partial charge is 0.340 e. The van der Waals surface area contributed by atoms with Crippen molar-refractivity contribution in [3.05, 3.63) is 46.7 Å². The van der Waals surface area contributed by atoms with Crippen LogP contribution in [0.2, 0.25) is 0 Å². The van der Waals surface area contributed by atoms with Crippen LogP contribution in [0.25, 0.3) is 10.9 Å². The number of piperidine rings is 1. The van der Waals surface area contributed by atoms with Gasteiger partial charge in [-0.3, -0.25) is 4.98 Å². The van der Waals surface area contributed by atoms with Crippen LogP contribution < -0.4 is 10.6 Å². The van der Waals surface area contributed by atoms with E-state index in [0.717, 1.165) is 25.2 Å². The molecule has 1 aromatic carbocycles. The number of rotatable bonds is 2. The molecule has 0 saturated carbocycles. The van der Waals surface area contributed by atoms with Crippen LogP contribution in [0, 0.1) is 5.82 Å². The van der Waals surface area contributed by atoms with Crippen molar-refractivity contribution in [2.75, 3.05) is 18.0 Å². The molecule has 1 fully saturated rings. The summed E-state index contributed by atoms with van der Waals surface area (Å²) >= 11 is 0. The predicted octanol–water partition coefficient (Wildman–Crippen LogP) is 1.56. The zero-order chi connectivity index (χ0) is 15.8. The van der Waals surface area contributed by atoms with Gasteiger partial charge in [0.15, 0.2) is 0 Å². The topological polar surface area (TPSA) is 90.6 Å². The summed E-state index contributed by atoms with van der Waals surface area (Å²) in [6.07, 6.45) is 3.27. The van der Waals surface area contributed by atoms with E-state index in [0.29, 0.717) is 23.3 Å².